The van der Waals surface area contributed by atoms with Crippen LogP contribution in [0.15, 0.2) is 47.6 Å². The van der Waals surface area contributed by atoms with Crippen molar-refractivity contribution in [3.8, 4) is 0 Å². The van der Waals surface area contributed by atoms with Gasteiger partial charge >= 0.3 is 0 Å². The highest BCUT2D eigenvalue weighted by Crippen LogP contribution is 2.21. The number of anilines is 2. The van der Waals surface area contributed by atoms with Crippen molar-refractivity contribution < 1.29 is 0 Å². The fraction of sp³-hybridized carbons (Fsp3) is 0.133. The van der Waals surface area contributed by atoms with Gasteiger partial charge in [0.1, 0.15) is 0 Å². The highest BCUT2D eigenvalue weighted by atomic mass is 35.5. The van der Waals surface area contributed by atoms with Gasteiger partial charge in [-0.2, -0.15) is 5.10 Å². The Labute approximate surface area is 128 Å². The van der Waals surface area contributed by atoms with Gasteiger partial charge in [0.05, 0.1) is 11.4 Å². The highest BCUT2D eigenvalue weighted by Gasteiger charge is 2.06. The van der Waals surface area contributed by atoms with Crippen LogP contribution in [0.3, 0.4) is 0 Å². The van der Waals surface area contributed by atoms with Crippen molar-refractivity contribution in [3.05, 3.63) is 58.1 Å². The summed E-state index contributed by atoms with van der Waals surface area (Å²) in [6.07, 6.45) is 0. The normalized spacial score (nSPS) is 11.5. The SMILES string of the molecule is C/C(=N\N(C)c1ccc(Cl)cc1)c1cc(Cl)ccc1N. The largest absolute Gasteiger partial charge is 0.398 e. The molecule has 0 unspecified atom stereocenters. The van der Waals surface area contributed by atoms with Crippen molar-refractivity contribution in [1.82, 2.24) is 0 Å². The molecule has 0 aliphatic carbocycles. The van der Waals surface area contributed by atoms with Crippen LogP contribution < -0.4 is 10.7 Å². The average Bonchev–Trinajstić information content (AvgIpc) is 2.42. The summed E-state index contributed by atoms with van der Waals surface area (Å²) in [5, 5.41) is 7.62. The minimum absolute atomic E-state index is 0.637. The zero-order valence-electron chi connectivity index (χ0n) is 11.3. The van der Waals surface area contributed by atoms with Gasteiger partial charge in [-0.25, -0.2) is 0 Å². The standard InChI is InChI=1S/C15H15Cl2N3/c1-10(14-9-12(17)5-8-15(14)18)19-20(2)13-6-3-11(16)4-7-13/h3-9H,18H2,1-2H3/b19-10+. The van der Waals surface area contributed by atoms with Gasteiger partial charge in [-0.05, 0) is 49.4 Å². The maximum absolute atomic E-state index is 5.99. The lowest BCUT2D eigenvalue weighted by Crippen LogP contribution is -2.13. The molecule has 0 aliphatic rings. The summed E-state index contributed by atoms with van der Waals surface area (Å²) in [6.45, 7) is 1.90. The van der Waals surface area contributed by atoms with Crippen LogP contribution in [0.25, 0.3) is 0 Å². The molecule has 0 saturated heterocycles. The Morgan fingerprint density at radius 2 is 1.65 bits per heavy atom. The lowest BCUT2D eigenvalue weighted by Gasteiger charge is -2.15. The molecule has 2 rings (SSSR count). The third-order valence-electron chi connectivity index (χ3n) is 2.91. The van der Waals surface area contributed by atoms with Crippen molar-refractivity contribution in [2.75, 3.05) is 17.8 Å². The highest BCUT2D eigenvalue weighted by molar-refractivity contribution is 6.31. The van der Waals surface area contributed by atoms with E-state index < -0.39 is 0 Å². The van der Waals surface area contributed by atoms with Gasteiger partial charge in [0.15, 0.2) is 0 Å². The minimum atomic E-state index is 0.637. The van der Waals surface area contributed by atoms with Gasteiger partial charge in [-0.3, -0.25) is 5.01 Å². The van der Waals surface area contributed by atoms with Crippen LogP contribution in [0.4, 0.5) is 11.4 Å². The quantitative estimate of drug-likeness (QED) is 0.517. The summed E-state index contributed by atoms with van der Waals surface area (Å²) in [6, 6.07) is 12.8. The van der Waals surface area contributed by atoms with E-state index in [2.05, 4.69) is 5.10 Å². The van der Waals surface area contributed by atoms with E-state index in [1.807, 2.05) is 44.3 Å². The van der Waals surface area contributed by atoms with E-state index in [0.29, 0.717) is 15.7 Å². The van der Waals surface area contributed by atoms with E-state index in [4.69, 9.17) is 28.9 Å². The van der Waals surface area contributed by atoms with Crippen LogP contribution in [0.5, 0.6) is 0 Å². The molecule has 2 N–H and O–H groups in total. The molecule has 0 amide bonds. The first-order valence-electron chi connectivity index (χ1n) is 6.07. The molecule has 5 heteroatoms. The minimum Gasteiger partial charge on any atom is -0.398 e. The summed E-state index contributed by atoms with van der Waals surface area (Å²) in [5.74, 6) is 0. The predicted molar refractivity (Wildman–Crippen MR) is 87.9 cm³/mol. The van der Waals surface area contributed by atoms with E-state index in [-0.39, 0.29) is 0 Å². The number of halogens is 2. The summed E-state index contributed by atoms with van der Waals surface area (Å²) in [5.41, 5.74) is 9.17. The molecule has 2 aromatic carbocycles. The Hall–Kier alpha value is -1.71. The number of nitrogen functional groups attached to an aromatic ring is 1. The van der Waals surface area contributed by atoms with Crippen LogP contribution in [0.1, 0.15) is 12.5 Å². The van der Waals surface area contributed by atoms with Gasteiger partial charge < -0.3 is 5.73 Å². The molecular weight excluding hydrogens is 293 g/mol. The molecule has 20 heavy (non-hydrogen) atoms. The fourth-order valence-corrected chi connectivity index (χ4v) is 2.13. The Bertz CT molecular complexity index is 636. The second kappa shape index (κ2) is 6.16. The maximum atomic E-state index is 5.99. The number of rotatable bonds is 3. The van der Waals surface area contributed by atoms with E-state index in [1.165, 1.54) is 0 Å². The third-order valence-corrected chi connectivity index (χ3v) is 3.39. The second-order valence-electron chi connectivity index (χ2n) is 4.42. The van der Waals surface area contributed by atoms with Crippen molar-refractivity contribution in [2.45, 2.75) is 6.92 Å². The van der Waals surface area contributed by atoms with Crippen LogP contribution in [-0.2, 0) is 0 Å². The van der Waals surface area contributed by atoms with Crippen molar-refractivity contribution in [3.63, 3.8) is 0 Å². The van der Waals surface area contributed by atoms with Crippen LogP contribution in [-0.4, -0.2) is 12.8 Å². The van der Waals surface area contributed by atoms with Crippen LogP contribution in [0, 0.1) is 0 Å². The second-order valence-corrected chi connectivity index (χ2v) is 5.29. The van der Waals surface area contributed by atoms with E-state index >= 15 is 0 Å². The molecule has 2 aromatic rings. The zero-order valence-corrected chi connectivity index (χ0v) is 12.8. The number of hydrazone groups is 1. The Morgan fingerprint density at radius 1 is 1.05 bits per heavy atom. The van der Waals surface area contributed by atoms with Gasteiger partial charge in [-0.1, -0.05) is 23.2 Å². The zero-order chi connectivity index (χ0) is 14.7. The third kappa shape index (κ3) is 3.44. The van der Waals surface area contributed by atoms with Gasteiger partial charge in [-0.15, -0.1) is 0 Å². The molecule has 0 fully saturated rings. The first-order chi connectivity index (χ1) is 9.47. The lowest BCUT2D eigenvalue weighted by atomic mass is 10.1. The summed E-state index contributed by atoms with van der Waals surface area (Å²) < 4.78 is 0. The Kier molecular flexibility index (Phi) is 4.53. The monoisotopic (exact) mass is 307 g/mol. The van der Waals surface area contributed by atoms with Crippen LogP contribution >= 0.6 is 23.2 Å². The smallest absolute Gasteiger partial charge is 0.0672 e. The molecule has 0 bridgehead atoms. The fourth-order valence-electron chi connectivity index (χ4n) is 1.84. The predicted octanol–water partition coefficient (Wildman–Crippen LogP) is 4.44. The van der Waals surface area contributed by atoms with Gasteiger partial charge in [0.25, 0.3) is 0 Å². The maximum Gasteiger partial charge on any atom is 0.0672 e. The number of nitrogens with zero attached hydrogens (tertiary/aromatic N) is 2. The average molecular weight is 308 g/mol. The molecule has 0 saturated carbocycles. The molecule has 0 atom stereocenters. The van der Waals surface area contributed by atoms with Gasteiger partial charge in [0.2, 0.25) is 0 Å². The molecule has 3 nitrogen and oxygen atoms in total. The summed E-state index contributed by atoms with van der Waals surface area (Å²) >= 11 is 11.9. The topological polar surface area (TPSA) is 41.6 Å². The Morgan fingerprint density at radius 3 is 2.30 bits per heavy atom. The van der Waals surface area contributed by atoms with Crippen LogP contribution in [0.2, 0.25) is 10.0 Å². The van der Waals surface area contributed by atoms with E-state index in [9.17, 15) is 0 Å². The van der Waals surface area contributed by atoms with Crippen molar-refractivity contribution in [1.29, 1.82) is 0 Å². The molecule has 104 valence electrons. The number of benzene rings is 2. The Balaban J connectivity index is 2.29. The first kappa shape index (κ1) is 14.7. The molecule has 0 aromatic heterocycles. The number of nitrogens with two attached hydrogens (primary N) is 1. The van der Waals surface area contributed by atoms with Crippen molar-refractivity contribution in [2.24, 2.45) is 5.10 Å². The lowest BCUT2D eigenvalue weighted by molar-refractivity contribution is 1.01. The molecule has 0 radical (unpaired) electrons. The molecule has 0 spiro atoms. The molecule has 0 heterocycles. The molecule has 0 aliphatic heterocycles. The summed E-state index contributed by atoms with van der Waals surface area (Å²) in [7, 11) is 1.87. The van der Waals surface area contributed by atoms with E-state index in [0.717, 1.165) is 17.0 Å². The molecular formula is C15H15Cl2N3. The first-order valence-corrected chi connectivity index (χ1v) is 6.83. The van der Waals surface area contributed by atoms with Gasteiger partial charge in [0, 0.05) is 28.3 Å². The number of hydrogen-bond donors (Lipinski definition) is 1. The van der Waals surface area contributed by atoms with Crippen molar-refractivity contribution >= 4 is 40.3 Å². The number of hydrogen-bond acceptors (Lipinski definition) is 3. The van der Waals surface area contributed by atoms with E-state index in [1.54, 1.807) is 17.1 Å². The summed E-state index contributed by atoms with van der Waals surface area (Å²) in [4.78, 5) is 0.